The van der Waals surface area contributed by atoms with Gasteiger partial charge in [0.2, 0.25) is 0 Å². The highest BCUT2D eigenvalue weighted by Crippen LogP contribution is 2.34. The molecule has 0 unspecified atom stereocenters. The molecular formula is C20H15ClN2OS. The molecule has 0 spiro atoms. The SMILES string of the molecule is Cc1ccc(-c2csc3nc(-c4ccccc4Cl)[nH]c(=O)c23)c(C)c1. The number of rotatable bonds is 2. The van der Waals surface area contributed by atoms with Gasteiger partial charge < -0.3 is 4.98 Å². The summed E-state index contributed by atoms with van der Waals surface area (Å²) in [7, 11) is 0. The van der Waals surface area contributed by atoms with Crippen LogP contribution in [0.25, 0.3) is 32.7 Å². The van der Waals surface area contributed by atoms with Gasteiger partial charge in [-0.2, -0.15) is 0 Å². The summed E-state index contributed by atoms with van der Waals surface area (Å²) in [5.74, 6) is 0.497. The van der Waals surface area contributed by atoms with Gasteiger partial charge in [0.15, 0.2) is 0 Å². The number of thiophene rings is 1. The number of benzene rings is 2. The summed E-state index contributed by atoms with van der Waals surface area (Å²) < 4.78 is 0. The highest BCUT2D eigenvalue weighted by molar-refractivity contribution is 7.17. The number of nitrogens with one attached hydrogen (secondary N) is 1. The summed E-state index contributed by atoms with van der Waals surface area (Å²) in [6.45, 7) is 4.12. The van der Waals surface area contributed by atoms with Crippen molar-refractivity contribution in [1.29, 1.82) is 0 Å². The molecule has 0 amide bonds. The standard InChI is InChI=1S/C20H15ClN2OS/c1-11-7-8-13(12(2)9-11)15-10-25-20-17(15)19(24)22-18(23-20)14-5-3-4-6-16(14)21/h3-10H,1-2H3,(H,22,23,24). The van der Waals surface area contributed by atoms with Gasteiger partial charge >= 0.3 is 0 Å². The van der Waals surface area contributed by atoms with Gasteiger partial charge in [0.05, 0.1) is 10.4 Å². The second-order valence-corrected chi connectivity index (χ2v) is 7.31. The van der Waals surface area contributed by atoms with E-state index in [2.05, 4.69) is 42.0 Å². The van der Waals surface area contributed by atoms with Gasteiger partial charge in [0, 0.05) is 16.5 Å². The average Bonchev–Trinajstić information content (AvgIpc) is 2.99. The molecule has 0 saturated heterocycles. The zero-order valence-electron chi connectivity index (χ0n) is 13.8. The van der Waals surface area contributed by atoms with E-state index in [1.807, 2.05) is 23.6 Å². The van der Waals surface area contributed by atoms with Crippen molar-refractivity contribution in [2.75, 3.05) is 0 Å². The van der Waals surface area contributed by atoms with Gasteiger partial charge in [-0.25, -0.2) is 4.98 Å². The zero-order valence-corrected chi connectivity index (χ0v) is 15.3. The molecular weight excluding hydrogens is 352 g/mol. The molecule has 2 aromatic heterocycles. The third-order valence-corrected chi connectivity index (χ3v) is 5.45. The monoisotopic (exact) mass is 366 g/mol. The van der Waals surface area contributed by atoms with Gasteiger partial charge in [0.25, 0.3) is 5.56 Å². The van der Waals surface area contributed by atoms with E-state index in [4.69, 9.17) is 11.6 Å². The Morgan fingerprint density at radius 1 is 1.04 bits per heavy atom. The lowest BCUT2D eigenvalue weighted by molar-refractivity contribution is 1.19. The number of hydrogen-bond donors (Lipinski definition) is 1. The molecule has 0 fully saturated rings. The van der Waals surface area contributed by atoms with E-state index in [0.717, 1.165) is 22.3 Å². The van der Waals surface area contributed by atoms with Crippen molar-refractivity contribution in [3.63, 3.8) is 0 Å². The van der Waals surface area contributed by atoms with Crippen molar-refractivity contribution in [2.45, 2.75) is 13.8 Å². The number of aryl methyl sites for hydroxylation is 2. The smallest absolute Gasteiger partial charge is 0.260 e. The Kier molecular flexibility index (Phi) is 3.94. The van der Waals surface area contributed by atoms with Crippen LogP contribution < -0.4 is 5.56 Å². The molecule has 1 N–H and O–H groups in total. The minimum absolute atomic E-state index is 0.142. The first-order chi connectivity index (χ1) is 12.0. The predicted octanol–water partition coefficient (Wildman–Crippen LogP) is 5.59. The highest BCUT2D eigenvalue weighted by atomic mass is 35.5. The summed E-state index contributed by atoms with van der Waals surface area (Å²) in [6.07, 6.45) is 0. The fraction of sp³-hybridized carbons (Fsp3) is 0.100. The Balaban J connectivity index is 1.94. The number of hydrogen-bond acceptors (Lipinski definition) is 3. The summed E-state index contributed by atoms with van der Waals surface area (Å²) in [5.41, 5.74) is 4.93. The molecule has 4 aromatic rings. The largest absolute Gasteiger partial charge is 0.306 e. The summed E-state index contributed by atoms with van der Waals surface area (Å²) in [5, 5.41) is 3.20. The Hall–Kier alpha value is -2.43. The van der Waals surface area contributed by atoms with Crippen molar-refractivity contribution in [1.82, 2.24) is 9.97 Å². The molecule has 0 saturated carbocycles. The van der Waals surface area contributed by atoms with Crippen LogP contribution in [-0.2, 0) is 0 Å². The lowest BCUT2D eigenvalue weighted by Crippen LogP contribution is -2.09. The van der Waals surface area contributed by atoms with Crippen molar-refractivity contribution < 1.29 is 0 Å². The minimum atomic E-state index is -0.142. The van der Waals surface area contributed by atoms with E-state index in [0.29, 0.717) is 21.1 Å². The zero-order chi connectivity index (χ0) is 17.6. The minimum Gasteiger partial charge on any atom is -0.306 e. The third-order valence-electron chi connectivity index (χ3n) is 4.25. The maximum atomic E-state index is 12.8. The van der Waals surface area contributed by atoms with Crippen molar-refractivity contribution >= 4 is 33.2 Å². The van der Waals surface area contributed by atoms with Crippen LogP contribution in [0.3, 0.4) is 0 Å². The summed E-state index contributed by atoms with van der Waals surface area (Å²) >= 11 is 7.72. The summed E-state index contributed by atoms with van der Waals surface area (Å²) in [6, 6.07) is 13.6. The number of nitrogens with zero attached hydrogens (tertiary/aromatic N) is 1. The first kappa shape index (κ1) is 16.1. The van der Waals surface area contributed by atoms with Crippen molar-refractivity contribution in [3.05, 3.63) is 74.3 Å². The van der Waals surface area contributed by atoms with Crippen LogP contribution in [0.1, 0.15) is 11.1 Å². The maximum Gasteiger partial charge on any atom is 0.260 e. The van der Waals surface area contributed by atoms with Gasteiger partial charge in [-0.15, -0.1) is 11.3 Å². The van der Waals surface area contributed by atoms with Gasteiger partial charge in [0.1, 0.15) is 10.7 Å². The van der Waals surface area contributed by atoms with Crippen LogP contribution >= 0.6 is 22.9 Å². The topological polar surface area (TPSA) is 45.8 Å². The van der Waals surface area contributed by atoms with Gasteiger partial charge in [-0.05, 0) is 37.1 Å². The van der Waals surface area contributed by atoms with Crippen LogP contribution in [-0.4, -0.2) is 9.97 Å². The number of aromatic amines is 1. The van der Waals surface area contributed by atoms with E-state index < -0.39 is 0 Å². The highest BCUT2D eigenvalue weighted by Gasteiger charge is 2.15. The lowest BCUT2D eigenvalue weighted by atomic mass is 9.99. The number of aromatic nitrogens is 2. The fourth-order valence-corrected chi connectivity index (χ4v) is 4.21. The lowest BCUT2D eigenvalue weighted by Gasteiger charge is -2.07. The molecule has 2 heterocycles. The first-order valence-electron chi connectivity index (χ1n) is 7.88. The molecule has 2 aromatic carbocycles. The van der Waals surface area contributed by atoms with E-state index >= 15 is 0 Å². The molecule has 0 radical (unpaired) electrons. The molecule has 0 atom stereocenters. The molecule has 124 valence electrons. The average molecular weight is 367 g/mol. The Bertz CT molecular complexity index is 1160. The molecule has 4 rings (SSSR count). The number of fused-ring (bicyclic) bond motifs is 1. The molecule has 0 bridgehead atoms. The Morgan fingerprint density at radius 2 is 1.84 bits per heavy atom. The van der Waals surface area contributed by atoms with E-state index in [9.17, 15) is 4.79 Å². The first-order valence-corrected chi connectivity index (χ1v) is 9.14. The summed E-state index contributed by atoms with van der Waals surface area (Å²) in [4.78, 5) is 21.0. The molecule has 0 aliphatic heterocycles. The van der Waals surface area contributed by atoms with Crippen LogP contribution in [0.15, 0.2) is 52.6 Å². The molecule has 3 nitrogen and oxygen atoms in total. The van der Waals surface area contributed by atoms with Crippen molar-refractivity contribution in [3.8, 4) is 22.5 Å². The third kappa shape index (κ3) is 2.77. The fourth-order valence-electron chi connectivity index (χ4n) is 3.04. The van der Waals surface area contributed by atoms with Crippen LogP contribution in [0.4, 0.5) is 0 Å². The van der Waals surface area contributed by atoms with E-state index in [1.54, 1.807) is 6.07 Å². The van der Waals surface area contributed by atoms with E-state index in [1.165, 1.54) is 16.9 Å². The Morgan fingerprint density at radius 3 is 2.60 bits per heavy atom. The maximum absolute atomic E-state index is 12.8. The second-order valence-electron chi connectivity index (χ2n) is 6.04. The predicted molar refractivity (Wildman–Crippen MR) is 106 cm³/mol. The quantitative estimate of drug-likeness (QED) is 0.502. The molecule has 5 heteroatoms. The van der Waals surface area contributed by atoms with Gasteiger partial charge in [-0.3, -0.25) is 4.79 Å². The molecule has 25 heavy (non-hydrogen) atoms. The van der Waals surface area contributed by atoms with E-state index in [-0.39, 0.29) is 5.56 Å². The number of H-pyrrole nitrogens is 1. The van der Waals surface area contributed by atoms with Crippen LogP contribution in [0.2, 0.25) is 5.02 Å². The Labute approximate surface area is 154 Å². The second kappa shape index (κ2) is 6.14. The molecule has 0 aliphatic rings. The molecule has 0 aliphatic carbocycles. The van der Waals surface area contributed by atoms with Crippen LogP contribution in [0, 0.1) is 13.8 Å². The number of halogens is 1. The normalized spacial score (nSPS) is 11.2. The van der Waals surface area contributed by atoms with Crippen LogP contribution in [0.5, 0.6) is 0 Å². The van der Waals surface area contributed by atoms with Gasteiger partial charge in [-0.1, -0.05) is 47.5 Å². The van der Waals surface area contributed by atoms with Crippen molar-refractivity contribution in [2.24, 2.45) is 0 Å².